The molecule has 1 unspecified atom stereocenters. The second-order valence-corrected chi connectivity index (χ2v) is 6.90. The van der Waals surface area contributed by atoms with Crippen LogP contribution >= 0.6 is 0 Å². The Morgan fingerprint density at radius 1 is 1.10 bits per heavy atom. The largest absolute Gasteiger partial charge is 0.463 e. The molecular formula is C23H24N2O4. The Balaban J connectivity index is 1.99. The lowest BCUT2D eigenvalue weighted by atomic mass is 9.88. The Morgan fingerprint density at radius 3 is 2.48 bits per heavy atom. The highest BCUT2D eigenvalue weighted by Crippen LogP contribution is 2.34. The molecule has 0 saturated heterocycles. The van der Waals surface area contributed by atoms with E-state index < -0.39 is 17.8 Å². The second kappa shape index (κ2) is 8.73. The van der Waals surface area contributed by atoms with Crippen LogP contribution in [-0.2, 0) is 19.1 Å². The topological polar surface area (TPSA) is 75.7 Å². The van der Waals surface area contributed by atoms with Crippen LogP contribution in [0.5, 0.6) is 0 Å². The van der Waals surface area contributed by atoms with Gasteiger partial charge in [-0.25, -0.2) is 4.79 Å². The van der Waals surface area contributed by atoms with E-state index in [0.717, 1.165) is 5.56 Å². The van der Waals surface area contributed by atoms with Crippen molar-refractivity contribution < 1.29 is 19.1 Å². The van der Waals surface area contributed by atoms with Gasteiger partial charge in [0.1, 0.15) is 0 Å². The SMILES string of the molecule is CCOC(=O)C1=C(C)N(c2ccccc2)C(=O)CC1C(=O)Nc1cccc(C)c1. The van der Waals surface area contributed by atoms with E-state index in [2.05, 4.69) is 5.32 Å². The molecule has 1 N–H and O–H groups in total. The van der Waals surface area contributed by atoms with Crippen LogP contribution in [0.1, 0.15) is 25.8 Å². The number of nitrogens with zero attached hydrogens (tertiary/aromatic N) is 1. The predicted molar refractivity (Wildman–Crippen MR) is 111 cm³/mol. The number of rotatable bonds is 5. The first-order valence-electron chi connectivity index (χ1n) is 9.55. The minimum absolute atomic E-state index is 0.113. The van der Waals surface area contributed by atoms with Gasteiger partial charge >= 0.3 is 5.97 Å². The summed E-state index contributed by atoms with van der Waals surface area (Å²) in [6.45, 7) is 5.48. The van der Waals surface area contributed by atoms with Crippen molar-refractivity contribution in [2.45, 2.75) is 27.2 Å². The normalized spacial score (nSPS) is 16.6. The van der Waals surface area contributed by atoms with Gasteiger partial charge in [-0.1, -0.05) is 30.3 Å². The zero-order chi connectivity index (χ0) is 21.0. The van der Waals surface area contributed by atoms with Gasteiger partial charge in [0.05, 0.1) is 18.1 Å². The van der Waals surface area contributed by atoms with Crippen LogP contribution in [-0.4, -0.2) is 24.4 Å². The third kappa shape index (κ3) is 4.37. The summed E-state index contributed by atoms with van der Waals surface area (Å²) in [7, 11) is 0. The summed E-state index contributed by atoms with van der Waals surface area (Å²) >= 11 is 0. The lowest BCUT2D eigenvalue weighted by Gasteiger charge is -2.33. The van der Waals surface area contributed by atoms with E-state index in [0.29, 0.717) is 17.1 Å². The van der Waals surface area contributed by atoms with Crippen LogP contribution in [0.3, 0.4) is 0 Å². The van der Waals surface area contributed by atoms with E-state index in [1.165, 1.54) is 4.90 Å². The van der Waals surface area contributed by atoms with Crippen LogP contribution in [0.2, 0.25) is 0 Å². The number of amides is 2. The summed E-state index contributed by atoms with van der Waals surface area (Å²) in [5.41, 5.74) is 2.88. The molecule has 1 aliphatic rings. The van der Waals surface area contributed by atoms with Gasteiger partial charge in [0, 0.05) is 23.5 Å². The quantitative estimate of drug-likeness (QED) is 0.785. The third-order valence-corrected chi connectivity index (χ3v) is 4.81. The summed E-state index contributed by atoms with van der Waals surface area (Å²) in [5, 5.41) is 2.82. The van der Waals surface area contributed by atoms with Crippen molar-refractivity contribution in [3.8, 4) is 0 Å². The Labute approximate surface area is 170 Å². The monoisotopic (exact) mass is 392 g/mol. The molecule has 0 fully saturated rings. The summed E-state index contributed by atoms with van der Waals surface area (Å²) in [6.07, 6.45) is -0.113. The van der Waals surface area contributed by atoms with Crippen LogP contribution in [0.4, 0.5) is 11.4 Å². The zero-order valence-corrected chi connectivity index (χ0v) is 16.8. The van der Waals surface area contributed by atoms with E-state index in [4.69, 9.17) is 4.74 Å². The van der Waals surface area contributed by atoms with Crippen molar-refractivity contribution >= 4 is 29.2 Å². The number of ether oxygens (including phenoxy) is 1. The van der Waals surface area contributed by atoms with Crippen molar-refractivity contribution in [3.05, 3.63) is 71.4 Å². The number of benzene rings is 2. The fourth-order valence-electron chi connectivity index (χ4n) is 3.52. The minimum Gasteiger partial charge on any atom is -0.463 e. The Hall–Kier alpha value is -3.41. The highest BCUT2D eigenvalue weighted by atomic mass is 16.5. The van der Waals surface area contributed by atoms with Crippen LogP contribution in [0, 0.1) is 12.8 Å². The number of allylic oxidation sites excluding steroid dienone is 1. The van der Waals surface area contributed by atoms with Gasteiger partial charge in [0.2, 0.25) is 11.8 Å². The van der Waals surface area contributed by atoms with Crippen LogP contribution in [0.25, 0.3) is 0 Å². The van der Waals surface area contributed by atoms with Gasteiger partial charge in [-0.2, -0.15) is 0 Å². The minimum atomic E-state index is -0.915. The molecule has 2 aromatic carbocycles. The van der Waals surface area contributed by atoms with Crippen molar-refractivity contribution in [2.24, 2.45) is 5.92 Å². The molecule has 29 heavy (non-hydrogen) atoms. The number of esters is 1. The predicted octanol–water partition coefficient (Wildman–Crippen LogP) is 3.82. The van der Waals surface area contributed by atoms with E-state index in [9.17, 15) is 14.4 Å². The molecule has 0 bridgehead atoms. The molecule has 6 nitrogen and oxygen atoms in total. The number of aryl methyl sites for hydroxylation is 1. The molecule has 1 aliphatic heterocycles. The Kier molecular flexibility index (Phi) is 6.12. The van der Waals surface area contributed by atoms with Crippen molar-refractivity contribution in [1.29, 1.82) is 0 Å². The van der Waals surface area contributed by atoms with Gasteiger partial charge in [-0.15, -0.1) is 0 Å². The van der Waals surface area contributed by atoms with Crippen molar-refractivity contribution in [1.82, 2.24) is 0 Å². The average Bonchev–Trinajstić information content (AvgIpc) is 2.68. The standard InChI is InChI=1S/C23H24N2O4/c1-4-29-23(28)21-16(3)25(18-11-6-5-7-12-18)20(26)14-19(21)22(27)24-17-10-8-9-15(2)13-17/h5-13,19H,4,14H2,1-3H3,(H,24,27). The number of hydrogen-bond acceptors (Lipinski definition) is 4. The first kappa shape index (κ1) is 20.3. The number of nitrogens with one attached hydrogen (secondary N) is 1. The maximum Gasteiger partial charge on any atom is 0.336 e. The van der Waals surface area contributed by atoms with Gasteiger partial charge in [0.15, 0.2) is 0 Å². The number of carbonyl (C=O) groups excluding carboxylic acids is 3. The molecule has 0 spiro atoms. The first-order valence-corrected chi connectivity index (χ1v) is 9.55. The van der Waals surface area contributed by atoms with Gasteiger partial charge in [-0.3, -0.25) is 14.5 Å². The van der Waals surface area contributed by atoms with Crippen LogP contribution < -0.4 is 10.2 Å². The van der Waals surface area contributed by atoms with E-state index in [-0.39, 0.29) is 24.5 Å². The zero-order valence-electron chi connectivity index (χ0n) is 16.8. The third-order valence-electron chi connectivity index (χ3n) is 4.81. The molecule has 0 aromatic heterocycles. The number of carbonyl (C=O) groups is 3. The molecule has 6 heteroatoms. The molecule has 150 valence electrons. The molecule has 0 aliphatic carbocycles. The smallest absolute Gasteiger partial charge is 0.336 e. The molecule has 1 heterocycles. The maximum absolute atomic E-state index is 13.0. The van der Waals surface area contributed by atoms with Gasteiger partial charge in [-0.05, 0) is 50.6 Å². The number of anilines is 2. The Bertz CT molecular complexity index is 966. The van der Waals surface area contributed by atoms with Crippen LogP contribution in [0.15, 0.2) is 65.9 Å². The van der Waals surface area contributed by atoms with E-state index in [1.54, 1.807) is 32.0 Å². The molecule has 2 amide bonds. The average molecular weight is 392 g/mol. The highest BCUT2D eigenvalue weighted by Gasteiger charge is 2.40. The molecule has 2 aromatic rings. The van der Waals surface area contributed by atoms with Gasteiger partial charge < -0.3 is 10.1 Å². The number of hydrogen-bond donors (Lipinski definition) is 1. The fourth-order valence-corrected chi connectivity index (χ4v) is 3.52. The molecule has 0 saturated carbocycles. The van der Waals surface area contributed by atoms with Crippen molar-refractivity contribution in [2.75, 3.05) is 16.8 Å². The maximum atomic E-state index is 13.0. The summed E-state index contributed by atoms with van der Waals surface area (Å²) in [5.74, 6) is -2.14. The summed E-state index contributed by atoms with van der Waals surface area (Å²) in [4.78, 5) is 40.1. The molecule has 1 atom stereocenters. The molecular weight excluding hydrogens is 368 g/mol. The lowest BCUT2D eigenvalue weighted by Crippen LogP contribution is -2.43. The summed E-state index contributed by atoms with van der Waals surface area (Å²) < 4.78 is 5.21. The highest BCUT2D eigenvalue weighted by molar-refractivity contribution is 6.10. The first-order chi connectivity index (χ1) is 13.9. The van der Waals surface area contributed by atoms with Gasteiger partial charge in [0.25, 0.3) is 0 Å². The number of para-hydroxylation sites is 1. The summed E-state index contributed by atoms with van der Waals surface area (Å²) in [6, 6.07) is 16.4. The van der Waals surface area contributed by atoms with E-state index in [1.807, 2.05) is 43.3 Å². The lowest BCUT2D eigenvalue weighted by molar-refractivity contribution is -0.141. The second-order valence-electron chi connectivity index (χ2n) is 6.90. The molecule has 3 rings (SSSR count). The van der Waals surface area contributed by atoms with E-state index >= 15 is 0 Å². The molecule has 0 radical (unpaired) electrons. The van der Waals surface area contributed by atoms with Crippen molar-refractivity contribution in [3.63, 3.8) is 0 Å². The fraction of sp³-hybridized carbons (Fsp3) is 0.261. The Morgan fingerprint density at radius 2 is 1.83 bits per heavy atom.